The van der Waals surface area contributed by atoms with Crippen molar-refractivity contribution in [2.75, 3.05) is 0 Å². The summed E-state index contributed by atoms with van der Waals surface area (Å²) in [6.45, 7) is 0. The van der Waals surface area contributed by atoms with Gasteiger partial charge in [0.2, 0.25) is 0 Å². The van der Waals surface area contributed by atoms with E-state index < -0.39 is 19.7 Å². The molecule has 0 aliphatic rings. The van der Waals surface area contributed by atoms with Crippen molar-refractivity contribution in [1.29, 1.82) is 0 Å². The number of aryl methyl sites for hydroxylation is 1. The Hall–Kier alpha value is -1.09. The Labute approximate surface area is 140 Å². The predicted molar refractivity (Wildman–Crippen MR) is 86.0 cm³/mol. The quantitative estimate of drug-likeness (QED) is 0.251. The molecule has 0 saturated heterocycles. The van der Waals surface area contributed by atoms with Crippen LogP contribution in [0.25, 0.3) is 0 Å². The number of hydrogen-bond donors (Lipinski definition) is 2. The summed E-state index contributed by atoms with van der Waals surface area (Å²) in [5.74, 6) is 0. The first kappa shape index (κ1) is 21.0. The molecular formula is C16H24BF3O4. The standard InChI is InChI=1S/C16H24BF3O4/c18-16(19,20)13-7-5-3-1-2-4-6-8-14-9-11-15(12-10-14)17(23-21)24-22/h9-12,21-22H,1-8,13H2. The predicted octanol–water partition coefficient (Wildman–Crippen LogP) is 4.59. The van der Waals surface area contributed by atoms with Crippen molar-refractivity contribution in [2.45, 2.75) is 64.0 Å². The maximum absolute atomic E-state index is 12.0. The van der Waals surface area contributed by atoms with E-state index in [0.717, 1.165) is 44.1 Å². The van der Waals surface area contributed by atoms with Crippen LogP contribution in [0.5, 0.6) is 0 Å². The molecule has 0 unspecified atom stereocenters. The van der Waals surface area contributed by atoms with E-state index in [-0.39, 0.29) is 6.42 Å². The summed E-state index contributed by atoms with van der Waals surface area (Å²) in [5.41, 5.74) is 1.63. The zero-order chi connectivity index (χ0) is 17.8. The molecule has 0 fully saturated rings. The molecule has 4 nitrogen and oxygen atoms in total. The van der Waals surface area contributed by atoms with Crippen molar-refractivity contribution < 1.29 is 33.3 Å². The fourth-order valence-electron chi connectivity index (χ4n) is 2.52. The van der Waals surface area contributed by atoms with Gasteiger partial charge in [0.15, 0.2) is 0 Å². The zero-order valence-corrected chi connectivity index (χ0v) is 13.6. The van der Waals surface area contributed by atoms with Gasteiger partial charge in [-0.2, -0.15) is 13.2 Å². The Bertz CT molecular complexity index is 436. The molecule has 0 spiro atoms. The second-order valence-electron chi connectivity index (χ2n) is 5.87. The highest BCUT2D eigenvalue weighted by Gasteiger charge is 2.25. The van der Waals surface area contributed by atoms with Crippen LogP contribution in [0.4, 0.5) is 13.2 Å². The van der Waals surface area contributed by atoms with Crippen LogP contribution in [0, 0.1) is 0 Å². The molecule has 24 heavy (non-hydrogen) atoms. The lowest BCUT2D eigenvalue weighted by Crippen LogP contribution is -2.35. The van der Waals surface area contributed by atoms with Crippen LogP contribution < -0.4 is 5.46 Å². The molecule has 2 N–H and O–H groups in total. The number of alkyl halides is 3. The first-order valence-electron chi connectivity index (χ1n) is 8.22. The maximum Gasteiger partial charge on any atom is 0.554 e. The highest BCUT2D eigenvalue weighted by Crippen LogP contribution is 2.23. The topological polar surface area (TPSA) is 58.9 Å². The van der Waals surface area contributed by atoms with Gasteiger partial charge < -0.3 is 0 Å². The minimum absolute atomic E-state index is 0.228. The third-order valence-corrected chi connectivity index (χ3v) is 3.87. The molecule has 1 aromatic rings. The Balaban J connectivity index is 2.07. The highest BCUT2D eigenvalue weighted by molar-refractivity contribution is 6.60. The lowest BCUT2D eigenvalue weighted by Gasteiger charge is -2.07. The van der Waals surface area contributed by atoms with E-state index >= 15 is 0 Å². The average molecular weight is 348 g/mol. The first-order chi connectivity index (χ1) is 11.5. The van der Waals surface area contributed by atoms with E-state index in [1.165, 1.54) is 0 Å². The van der Waals surface area contributed by atoms with Gasteiger partial charge in [-0.15, -0.1) is 0 Å². The third-order valence-electron chi connectivity index (χ3n) is 3.87. The third kappa shape index (κ3) is 9.27. The Morgan fingerprint density at radius 1 is 0.792 bits per heavy atom. The molecule has 0 aromatic heterocycles. The van der Waals surface area contributed by atoms with Gasteiger partial charge in [-0.05, 0) is 30.3 Å². The van der Waals surface area contributed by atoms with E-state index in [1.54, 1.807) is 12.1 Å². The molecule has 0 aliphatic carbocycles. The molecule has 1 aromatic carbocycles. The van der Waals surface area contributed by atoms with Gasteiger partial charge in [-0.3, -0.25) is 20.1 Å². The van der Waals surface area contributed by atoms with E-state index in [0.29, 0.717) is 11.9 Å². The van der Waals surface area contributed by atoms with Crippen LogP contribution in [0.1, 0.15) is 56.9 Å². The molecular weight excluding hydrogens is 324 g/mol. The summed E-state index contributed by atoms with van der Waals surface area (Å²) in [7, 11) is -1.21. The summed E-state index contributed by atoms with van der Waals surface area (Å²) >= 11 is 0. The van der Waals surface area contributed by atoms with Crippen LogP contribution in [0.2, 0.25) is 0 Å². The van der Waals surface area contributed by atoms with Gasteiger partial charge in [-0.1, -0.05) is 56.4 Å². The summed E-state index contributed by atoms with van der Waals surface area (Å²) in [5, 5.41) is 17.1. The van der Waals surface area contributed by atoms with Crippen LogP contribution in [-0.2, 0) is 16.0 Å². The Morgan fingerprint density at radius 3 is 1.79 bits per heavy atom. The summed E-state index contributed by atoms with van der Waals surface area (Å²) < 4.78 is 35.9. The second kappa shape index (κ2) is 11.5. The zero-order valence-electron chi connectivity index (χ0n) is 13.6. The number of benzene rings is 1. The van der Waals surface area contributed by atoms with Gasteiger partial charge >= 0.3 is 13.3 Å². The maximum atomic E-state index is 12.0. The molecule has 8 heteroatoms. The number of hydrogen-bond acceptors (Lipinski definition) is 4. The summed E-state index contributed by atoms with van der Waals surface area (Å²) in [6, 6.07) is 7.15. The van der Waals surface area contributed by atoms with E-state index in [9.17, 15) is 13.2 Å². The van der Waals surface area contributed by atoms with Gasteiger partial charge in [0.1, 0.15) is 0 Å². The largest absolute Gasteiger partial charge is 0.554 e. The number of halogens is 3. The lowest BCUT2D eigenvalue weighted by molar-refractivity contribution is -0.221. The summed E-state index contributed by atoms with van der Waals surface area (Å²) in [6.07, 6.45) is 1.99. The Kier molecular flexibility index (Phi) is 10.0. The lowest BCUT2D eigenvalue weighted by atomic mass is 9.79. The number of rotatable bonds is 12. The van der Waals surface area contributed by atoms with Gasteiger partial charge in [0, 0.05) is 6.42 Å². The normalized spacial score (nSPS) is 11.7. The molecule has 1 rings (SSSR count). The highest BCUT2D eigenvalue weighted by atomic mass is 19.4. The molecule has 0 saturated carbocycles. The summed E-state index contributed by atoms with van der Waals surface area (Å²) in [4.78, 5) is 7.93. The first-order valence-corrected chi connectivity index (χ1v) is 8.22. The monoisotopic (exact) mass is 348 g/mol. The van der Waals surface area contributed by atoms with Gasteiger partial charge in [0.25, 0.3) is 0 Å². The smallest absolute Gasteiger partial charge is 0.264 e. The SMILES string of the molecule is OOB(OO)c1ccc(CCCCCCCCCC(F)(F)F)cc1. The number of unbranched alkanes of at least 4 members (excludes halogenated alkanes) is 6. The van der Waals surface area contributed by atoms with Crippen molar-refractivity contribution in [3.05, 3.63) is 29.8 Å². The van der Waals surface area contributed by atoms with Gasteiger partial charge in [0.05, 0.1) is 0 Å². The van der Waals surface area contributed by atoms with Gasteiger partial charge in [-0.25, -0.2) is 0 Å². The van der Waals surface area contributed by atoms with E-state index in [4.69, 9.17) is 10.5 Å². The van der Waals surface area contributed by atoms with Crippen LogP contribution in [-0.4, -0.2) is 23.8 Å². The van der Waals surface area contributed by atoms with Crippen LogP contribution in [0.15, 0.2) is 24.3 Å². The van der Waals surface area contributed by atoms with Crippen LogP contribution >= 0.6 is 0 Å². The van der Waals surface area contributed by atoms with Crippen LogP contribution in [0.3, 0.4) is 0 Å². The van der Waals surface area contributed by atoms with E-state index in [1.807, 2.05) is 12.1 Å². The molecule has 0 amide bonds. The fraction of sp³-hybridized carbons (Fsp3) is 0.625. The minimum atomic E-state index is -4.03. The molecule has 0 aliphatic heterocycles. The average Bonchev–Trinajstić information content (AvgIpc) is 2.54. The van der Waals surface area contributed by atoms with Crippen molar-refractivity contribution in [3.8, 4) is 0 Å². The van der Waals surface area contributed by atoms with Crippen molar-refractivity contribution >= 4 is 12.6 Å². The van der Waals surface area contributed by atoms with E-state index in [2.05, 4.69) is 9.61 Å². The molecule has 0 atom stereocenters. The minimum Gasteiger partial charge on any atom is -0.264 e. The second-order valence-corrected chi connectivity index (χ2v) is 5.87. The van der Waals surface area contributed by atoms with Crippen molar-refractivity contribution in [1.82, 2.24) is 0 Å². The molecule has 0 bridgehead atoms. The Morgan fingerprint density at radius 2 is 1.29 bits per heavy atom. The molecule has 0 radical (unpaired) electrons. The molecule has 136 valence electrons. The van der Waals surface area contributed by atoms with Crippen molar-refractivity contribution in [3.63, 3.8) is 0 Å². The fourth-order valence-corrected chi connectivity index (χ4v) is 2.52. The molecule has 0 heterocycles. The van der Waals surface area contributed by atoms with Crippen molar-refractivity contribution in [2.24, 2.45) is 0 Å².